The Kier molecular flexibility index (Phi) is 4.66. The molecule has 0 saturated carbocycles. The van der Waals surface area contributed by atoms with Gasteiger partial charge in [0.2, 0.25) is 5.88 Å². The standard InChI is InChI=1S/C20H21N3O4/c1-13-21-8-7-19(22-13)26-16-4-3-9-23(12-16)20(24)18-11-14-10-15(25-2)5-6-17(14)27-18/h5-8,10-11,16H,3-4,9,12H2,1-2H3/t16-/m1/s1. The van der Waals surface area contributed by atoms with Crippen molar-refractivity contribution in [1.82, 2.24) is 14.9 Å². The molecule has 0 spiro atoms. The van der Waals surface area contributed by atoms with Crippen LogP contribution >= 0.6 is 0 Å². The predicted molar refractivity (Wildman–Crippen MR) is 99.1 cm³/mol. The van der Waals surface area contributed by atoms with Crippen molar-refractivity contribution >= 4 is 16.9 Å². The minimum Gasteiger partial charge on any atom is -0.497 e. The normalized spacial score (nSPS) is 17.1. The number of amides is 1. The van der Waals surface area contributed by atoms with E-state index in [0.29, 0.717) is 36.1 Å². The maximum absolute atomic E-state index is 12.9. The summed E-state index contributed by atoms with van der Waals surface area (Å²) < 4.78 is 16.9. The molecule has 0 bridgehead atoms. The molecule has 0 N–H and O–H groups in total. The van der Waals surface area contributed by atoms with Crippen molar-refractivity contribution in [2.75, 3.05) is 20.2 Å². The Bertz CT molecular complexity index is 969. The molecule has 1 saturated heterocycles. The monoisotopic (exact) mass is 367 g/mol. The molecule has 1 fully saturated rings. The molecule has 140 valence electrons. The molecule has 1 aliphatic rings. The number of hydrogen-bond acceptors (Lipinski definition) is 6. The van der Waals surface area contributed by atoms with E-state index in [4.69, 9.17) is 13.9 Å². The van der Waals surface area contributed by atoms with Gasteiger partial charge in [-0.25, -0.2) is 4.98 Å². The summed E-state index contributed by atoms with van der Waals surface area (Å²) in [6, 6.07) is 8.98. The van der Waals surface area contributed by atoms with Gasteiger partial charge in [-0.1, -0.05) is 0 Å². The van der Waals surface area contributed by atoms with Gasteiger partial charge in [-0.15, -0.1) is 0 Å². The zero-order chi connectivity index (χ0) is 18.8. The van der Waals surface area contributed by atoms with Gasteiger partial charge in [0.25, 0.3) is 5.91 Å². The number of hydrogen-bond donors (Lipinski definition) is 0. The highest BCUT2D eigenvalue weighted by Gasteiger charge is 2.28. The van der Waals surface area contributed by atoms with Gasteiger partial charge < -0.3 is 18.8 Å². The Labute approximate surface area is 156 Å². The van der Waals surface area contributed by atoms with Gasteiger partial charge in [-0.05, 0) is 44.0 Å². The van der Waals surface area contributed by atoms with Crippen molar-refractivity contribution in [2.24, 2.45) is 0 Å². The molecule has 3 heterocycles. The van der Waals surface area contributed by atoms with E-state index in [9.17, 15) is 4.79 Å². The molecule has 1 amide bonds. The molecule has 1 aromatic carbocycles. The van der Waals surface area contributed by atoms with Crippen molar-refractivity contribution < 1.29 is 18.7 Å². The highest BCUT2D eigenvalue weighted by molar-refractivity contribution is 5.96. The van der Waals surface area contributed by atoms with E-state index in [-0.39, 0.29) is 12.0 Å². The molecule has 2 aromatic heterocycles. The number of furan rings is 1. The quantitative estimate of drug-likeness (QED) is 0.705. The molecule has 0 unspecified atom stereocenters. The number of benzene rings is 1. The molecular weight excluding hydrogens is 346 g/mol. The maximum Gasteiger partial charge on any atom is 0.289 e. The van der Waals surface area contributed by atoms with Crippen LogP contribution in [0.15, 0.2) is 40.9 Å². The molecule has 7 nitrogen and oxygen atoms in total. The van der Waals surface area contributed by atoms with Gasteiger partial charge in [0.05, 0.1) is 13.7 Å². The molecular formula is C20H21N3O4. The molecule has 3 aromatic rings. The molecule has 1 atom stereocenters. The topological polar surface area (TPSA) is 77.7 Å². The second-order valence-corrected chi connectivity index (χ2v) is 6.59. The first-order valence-corrected chi connectivity index (χ1v) is 8.95. The number of piperidine rings is 1. The van der Waals surface area contributed by atoms with Crippen LogP contribution in [-0.2, 0) is 0 Å². The summed E-state index contributed by atoms with van der Waals surface area (Å²) in [4.78, 5) is 23.0. The van der Waals surface area contributed by atoms with Crippen LogP contribution in [0.4, 0.5) is 0 Å². The van der Waals surface area contributed by atoms with Crippen molar-refractivity contribution in [1.29, 1.82) is 0 Å². The van der Waals surface area contributed by atoms with Gasteiger partial charge in [0, 0.05) is 24.2 Å². The number of nitrogens with zero attached hydrogens (tertiary/aromatic N) is 3. The molecule has 0 aliphatic carbocycles. The van der Waals surface area contributed by atoms with Crippen LogP contribution in [0.2, 0.25) is 0 Å². The zero-order valence-corrected chi connectivity index (χ0v) is 15.3. The lowest BCUT2D eigenvalue weighted by Gasteiger charge is -2.32. The minimum absolute atomic E-state index is 0.0959. The van der Waals surface area contributed by atoms with Gasteiger partial charge in [-0.3, -0.25) is 4.79 Å². The second-order valence-electron chi connectivity index (χ2n) is 6.59. The van der Waals surface area contributed by atoms with Crippen LogP contribution < -0.4 is 9.47 Å². The third-order valence-corrected chi connectivity index (χ3v) is 4.64. The maximum atomic E-state index is 12.9. The highest BCUT2D eigenvalue weighted by atomic mass is 16.5. The first-order valence-electron chi connectivity index (χ1n) is 8.95. The minimum atomic E-state index is -0.127. The Morgan fingerprint density at radius 3 is 3.00 bits per heavy atom. The number of carbonyl (C=O) groups excluding carboxylic acids is 1. The van der Waals surface area contributed by atoms with E-state index < -0.39 is 0 Å². The lowest BCUT2D eigenvalue weighted by Crippen LogP contribution is -2.44. The predicted octanol–water partition coefficient (Wildman–Crippen LogP) is 3.22. The van der Waals surface area contributed by atoms with E-state index in [1.165, 1.54) is 0 Å². The molecule has 7 heteroatoms. The number of rotatable bonds is 4. The molecule has 27 heavy (non-hydrogen) atoms. The smallest absolute Gasteiger partial charge is 0.289 e. The Balaban J connectivity index is 1.48. The van der Waals surface area contributed by atoms with Crippen LogP contribution in [0.25, 0.3) is 11.0 Å². The average Bonchev–Trinajstić information content (AvgIpc) is 3.10. The lowest BCUT2D eigenvalue weighted by molar-refractivity contribution is 0.0502. The Morgan fingerprint density at radius 1 is 1.30 bits per heavy atom. The SMILES string of the molecule is COc1ccc2oc(C(=O)N3CCC[C@@H](Oc4ccnc(C)n4)C3)cc2c1. The van der Waals surface area contributed by atoms with Crippen LogP contribution in [0.3, 0.4) is 0 Å². The van der Waals surface area contributed by atoms with E-state index >= 15 is 0 Å². The van der Waals surface area contributed by atoms with Crippen molar-refractivity contribution in [2.45, 2.75) is 25.9 Å². The lowest BCUT2D eigenvalue weighted by atomic mass is 10.1. The Hall–Kier alpha value is -3.09. The summed E-state index contributed by atoms with van der Waals surface area (Å²) in [6.07, 6.45) is 3.33. The molecule has 4 rings (SSSR count). The largest absolute Gasteiger partial charge is 0.497 e. The average molecular weight is 367 g/mol. The number of fused-ring (bicyclic) bond motifs is 1. The van der Waals surface area contributed by atoms with Crippen LogP contribution in [-0.4, -0.2) is 47.1 Å². The van der Waals surface area contributed by atoms with Gasteiger partial charge in [0.1, 0.15) is 23.3 Å². The van der Waals surface area contributed by atoms with E-state index in [1.54, 1.807) is 30.3 Å². The highest BCUT2D eigenvalue weighted by Crippen LogP contribution is 2.26. The fraction of sp³-hybridized carbons (Fsp3) is 0.350. The zero-order valence-electron chi connectivity index (χ0n) is 15.3. The number of ether oxygens (including phenoxy) is 2. The van der Waals surface area contributed by atoms with Gasteiger partial charge in [-0.2, -0.15) is 4.98 Å². The number of carbonyl (C=O) groups is 1. The summed E-state index contributed by atoms with van der Waals surface area (Å²) in [5, 5.41) is 0.846. The fourth-order valence-electron chi connectivity index (χ4n) is 3.30. The summed E-state index contributed by atoms with van der Waals surface area (Å²) in [5.74, 6) is 2.13. The summed E-state index contributed by atoms with van der Waals surface area (Å²) in [5.41, 5.74) is 0.667. The first-order chi connectivity index (χ1) is 13.1. The first kappa shape index (κ1) is 17.3. The van der Waals surface area contributed by atoms with Gasteiger partial charge in [0.15, 0.2) is 5.76 Å². The van der Waals surface area contributed by atoms with Crippen LogP contribution in [0.5, 0.6) is 11.6 Å². The van der Waals surface area contributed by atoms with Crippen LogP contribution in [0.1, 0.15) is 29.2 Å². The number of aryl methyl sites for hydroxylation is 1. The second kappa shape index (κ2) is 7.26. The third kappa shape index (κ3) is 3.72. The molecule has 1 aliphatic heterocycles. The van der Waals surface area contributed by atoms with E-state index in [0.717, 1.165) is 24.0 Å². The number of likely N-dealkylation sites (tertiary alicyclic amines) is 1. The summed E-state index contributed by atoms with van der Waals surface area (Å²) in [7, 11) is 1.61. The summed E-state index contributed by atoms with van der Waals surface area (Å²) in [6.45, 7) is 3.00. The van der Waals surface area contributed by atoms with E-state index in [2.05, 4.69) is 9.97 Å². The number of methoxy groups -OCH3 is 1. The fourth-order valence-corrected chi connectivity index (χ4v) is 3.30. The third-order valence-electron chi connectivity index (χ3n) is 4.64. The Morgan fingerprint density at radius 2 is 2.19 bits per heavy atom. The number of aromatic nitrogens is 2. The van der Waals surface area contributed by atoms with Crippen molar-refractivity contribution in [3.8, 4) is 11.6 Å². The van der Waals surface area contributed by atoms with E-state index in [1.807, 2.05) is 25.1 Å². The summed E-state index contributed by atoms with van der Waals surface area (Å²) >= 11 is 0. The van der Waals surface area contributed by atoms with Crippen molar-refractivity contribution in [3.63, 3.8) is 0 Å². The van der Waals surface area contributed by atoms with Crippen LogP contribution in [0, 0.1) is 6.92 Å². The molecule has 0 radical (unpaired) electrons. The van der Waals surface area contributed by atoms with Crippen molar-refractivity contribution in [3.05, 3.63) is 48.1 Å². The van der Waals surface area contributed by atoms with Gasteiger partial charge >= 0.3 is 0 Å².